The highest BCUT2D eigenvalue weighted by molar-refractivity contribution is 5.31. The second-order valence-electron chi connectivity index (χ2n) is 5.70. The van der Waals surface area contributed by atoms with Gasteiger partial charge in [-0.2, -0.15) is 0 Å². The van der Waals surface area contributed by atoms with Crippen LogP contribution in [0, 0.1) is 5.92 Å². The van der Waals surface area contributed by atoms with Gasteiger partial charge in [-0.15, -0.1) is 0 Å². The summed E-state index contributed by atoms with van der Waals surface area (Å²) in [4.78, 5) is 0. The molecule has 0 saturated heterocycles. The summed E-state index contributed by atoms with van der Waals surface area (Å²) in [5.41, 5.74) is 1.38. The lowest BCUT2D eigenvalue weighted by Gasteiger charge is -2.18. The van der Waals surface area contributed by atoms with E-state index in [1.165, 1.54) is 44.1 Å². The molecule has 0 aliphatic heterocycles. The number of hydrogen-bond donors (Lipinski definition) is 1. The van der Waals surface area contributed by atoms with Crippen molar-refractivity contribution in [1.82, 2.24) is 5.32 Å². The Balaban J connectivity index is 1.71. The van der Waals surface area contributed by atoms with Gasteiger partial charge in [0, 0.05) is 6.04 Å². The summed E-state index contributed by atoms with van der Waals surface area (Å²) >= 11 is 0. The molecule has 2 aliphatic rings. The summed E-state index contributed by atoms with van der Waals surface area (Å²) in [7, 11) is 2.06. The largest absolute Gasteiger partial charge is 0.490 e. The van der Waals surface area contributed by atoms with E-state index in [2.05, 4.69) is 36.6 Å². The van der Waals surface area contributed by atoms with Gasteiger partial charge in [-0.1, -0.05) is 12.1 Å². The molecular formula is C16H23NO. The first-order valence-electron chi connectivity index (χ1n) is 7.30. The number of nitrogens with one attached hydrogen (secondary N) is 1. The summed E-state index contributed by atoms with van der Waals surface area (Å²) in [5.74, 6) is 1.89. The SMILES string of the molecule is CN[C@@H](c1cccc(OC2CCCC2)c1)C1CC1. The molecule has 0 radical (unpaired) electrons. The molecule has 0 spiro atoms. The zero-order valence-electron chi connectivity index (χ0n) is 11.2. The van der Waals surface area contributed by atoms with E-state index in [0.717, 1.165) is 11.7 Å². The second kappa shape index (κ2) is 5.31. The fraction of sp³-hybridized carbons (Fsp3) is 0.625. The molecule has 1 atom stereocenters. The van der Waals surface area contributed by atoms with Crippen LogP contribution in [0.1, 0.15) is 50.1 Å². The van der Waals surface area contributed by atoms with Gasteiger partial charge < -0.3 is 10.1 Å². The number of hydrogen-bond acceptors (Lipinski definition) is 2. The Morgan fingerprint density at radius 3 is 2.61 bits per heavy atom. The molecule has 1 aromatic carbocycles. The second-order valence-corrected chi connectivity index (χ2v) is 5.70. The Kier molecular flexibility index (Phi) is 3.55. The fourth-order valence-corrected chi connectivity index (χ4v) is 3.08. The van der Waals surface area contributed by atoms with Gasteiger partial charge in [0.05, 0.1) is 6.10 Å². The van der Waals surface area contributed by atoms with Crippen LogP contribution in [0.5, 0.6) is 5.75 Å². The highest BCUT2D eigenvalue weighted by Crippen LogP contribution is 2.41. The van der Waals surface area contributed by atoms with Gasteiger partial charge in [0.25, 0.3) is 0 Å². The van der Waals surface area contributed by atoms with E-state index in [1.54, 1.807) is 0 Å². The number of benzene rings is 1. The van der Waals surface area contributed by atoms with E-state index in [1.807, 2.05) is 0 Å². The molecule has 2 aliphatic carbocycles. The minimum atomic E-state index is 0.453. The molecule has 2 nitrogen and oxygen atoms in total. The van der Waals surface area contributed by atoms with Crippen LogP contribution in [0.3, 0.4) is 0 Å². The van der Waals surface area contributed by atoms with Crippen LogP contribution in [-0.2, 0) is 0 Å². The monoisotopic (exact) mass is 245 g/mol. The summed E-state index contributed by atoms with van der Waals surface area (Å²) in [5, 5.41) is 3.45. The standard InChI is InChI=1S/C16H23NO/c1-17-16(12-9-10-12)13-5-4-8-15(11-13)18-14-6-2-3-7-14/h4-5,8,11-12,14,16-17H,2-3,6-7,9-10H2,1H3/t16-/m1/s1. The maximum absolute atomic E-state index is 6.08. The van der Waals surface area contributed by atoms with Crippen molar-refractivity contribution in [3.8, 4) is 5.75 Å². The Hall–Kier alpha value is -1.02. The summed E-state index contributed by atoms with van der Waals surface area (Å²) in [6.45, 7) is 0. The van der Waals surface area contributed by atoms with Crippen LogP contribution >= 0.6 is 0 Å². The third-order valence-electron chi connectivity index (χ3n) is 4.23. The predicted octanol–water partition coefficient (Wildman–Crippen LogP) is 3.68. The van der Waals surface area contributed by atoms with Crippen molar-refractivity contribution in [2.24, 2.45) is 5.92 Å². The van der Waals surface area contributed by atoms with Crippen LogP contribution in [-0.4, -0.2) is 13.2 Å². The van der Waals surface area contributed by atoms with Crippen molar-refractivity contribution in [3.63, 3.8) is 0 Å². The smallest absolute Gasteiger partial charge is 0.120 e. The Labute approximate surface area is 110 Å². The average Bonchev–Trinajstić information content (AvgIpc) is 3.08. The van der Waals surface area contributed by atoms with Crippen LogP contribution < -0.4 is 10.1 Å². The minimum Gasteiger partial charge on any atom is -0.490 e. The van der Waals surface area contributed by atoms with Crippen LogP contribution in [0.25, 0.3) is 0 Å². The van der Waals surface area contributed by atoms with Gasteiger partial charge in [0.2, 0.25) is 0 Å². The molecule has 18 heavy (non-hydrogen) atoms. The van der Waals surface area contributed by atoms with Gasteiger partial charge in [-0.05, 0) is 69.2 Å². The molecule has 0 bridgehead atoms. The van der Waals surface area contributed by atoms with E-state index in [9.17, 15) is 0 Å². The molecule has 98 valence electrons. The predicted molar refractivity (Wildman–Crippen MR) is 73.9 cm³/mol. The van der Waals surface area contributed by atoms with E-state index in [0.29, 0.717) is 12.1 Å². The molecule has 0 amide bonds. The number of rotatable bonds is 5. The average molecular weight is 245 g/mol. The molecule has 0 heterocycles. The normalized spacial score (nSPS) is 22.1. The van der Waals surface area contributed by atoms with Crippen molar-refractivity contribution in [3.05, 3.63) is 29.8 Å². The Morgan fingerprint density at radius 2 is 1.94 bits per heavy atom. The maximum atomic E-state index is 6.08. The summed E-state index contributed by atoms with van der Waals surface area (Å²) in [6.07, 6.45) is 8.27. The van der Waals surface area contributed by atoms with Crippen LogP contribution in [0.4, 0.5) is 0 Å². The molecular weight excluding hydrogens is 222 g/mol. The molecule has 1 aromatic rings. The van der Waals surface area contributed by atoms with E-state index >= 15 is 0 Å². The van der Waals surface area contributed by atoms with Gasteiger partial charge in [-0.3, -0.25) is 0 Å². The molecule has 2 saturated carbocycles. The van der Waals surface area contributed by atoms with Crippen molar-refractivity contribution < 1.29 is 4.74 Å². The van der Waals surface area contributed by atoms with E-state index in [-0.39, 0.29) is 0 Å². The lowest BCUT2D eigenvalue weighted by Crippen LogP contribution is -2.18. The first-order valence-corrected chi connectivity index (χ1v) is 7.30. The number of ether oxygens (including phenoxy) is 1. The Morgan fingerprint density at radius 1 is 1.17 bits per heavy atom. The Bertz CT molecular complexity index is 394. The van der Waals surface area contributed by atoms with Crippen molar-refractivity contribution in [2.75, 3.05) is 7.05 Å². The first kappa shape index (κ1) is 12.0. The van der Waals surface area contributed by atoms with Crippen LogP contribution in [0.15, 0.2) is 24.3 Å². The minimum absolute atomic E-state index is 0.453. The molecule has 2 fully saturated rings. The highest BCUT2D eigenvalue weighted by Gasteiger charge is 2.31. The highest BCUT2D eigenvalue weighted by atomic mass is 16.5. The fourth-order valence-electron chi connectivity index (χ4n) is 3.08. The first-order chi connectivity index (χ1) is 8.86. The molecule has 0 aromatic heterocycles. The molecule has 2 heteroatoms. The van der Waals surface area contributed by atoms with Gasteiger partial charge in [-0.25, -0.2) is 0 Å². The molecule has 3 rings (SSSR count). The zero-order chi connectivity index (χ0) is 12.4. The van der Waals surface area contributed by atoms with Crippen molar-refractivity contribution in [1.29, 1.82) is 0 Å². The lowest BCUT2D eigenvalue weighted by atomic mass is 10.0. The van der Waals surface area contributed by atoms with E-state index < -0.39 is 0 Å². The van der Waals surface area contributed by atoms with Gasteiger partial charge in [0.1, 0.15) is 5.75 Å². The van der Waals surface area contributed by atoms with Gasteiger partial charge in [0.15, 0.2) is 0 Å². The lowest BCUT2D eigenvalue weighted by molar-refractivity contribution is 0.209. The molecule has 0 unspecified atom stereocenters. The third-order valence-corrected chi connectivity index (χ3v) is 4.23. The summed E-state index contributed by atoms with van der Waals surface area (Å²) in [6, 6.07) is 9.20. The van der Waals surface area contributed by atoms with Crippen molar-refractivity contribution >= 4 is 0 Å². The topological polar surface area (TPSA) is 21.3 Å². The van der Waals surface area contributed by atoms with E-state index in [4.69, 9.17) is 4.74 Å². The van der Waals surface area contributed by atoms with Crippen LogP contribution in [0.2, 0.25) is 0 Å². The third kappa shape index (κ3) is 2.69. The molecule has 1 N–H and O–H groups in total. The zero-order valence-corrected chi connectivity index (χ0v) is 11.2. The van der Waals surface area contributed by atoms with Gasteiger partial charge >= 0.3 is 0 Å². The quantitative estimate of drug-likeness (QED) is 0.854. The maximum Gasteiger partial charge on any atom is 0.120 e. The van der Waals surface area contributed by atoms with Crippen molar-refractivity contribution in [2.45, 2.75) is 50.7 Å². The summed E-state index contributed by atoms with van der Waals surface area (Å²) < 4.78 is 6.08.